The van der Waals surface area contributed by atoms with Gasteiger partial charge in [-0.15, -0.1) is 16.7 Å². The Balaban J connectivity index is 1.73. The van der Waals surface area contributed by atoms with Crippen molar-refractivity contribution in [3.05, 3.63) is 70.4 Å². The lowest BCUT2D eigenvalue weighted by molar-refractivity contribution is -0.392. The molecule has 5 nitrogen and oxygen atoms in total. The minimum Gasteiger partial charge on any atom is -0.263 e. The molecular formula is C21H14F2N3O2S+. The van der Waals surface area contributed by atoms with E-state index in [1.54, 1.807) is 30.7 Å². The quantitative estimate of drug-likeness (QED) is 0.535. The van der Waals surface area contributed by atoms with Crippen LogP contribution in [0, 0.1) is 23.5 Å². The minimum atomic E-state index is -1.04. The van der Waals surface area contributed by atoms with Gasteiger partial charge in [0.05, 0.1) is 7.05 Å². The van der Waals surface area contributed by atoms with E-state index in [0.29, 0.717) is 16.2 Å². The Morgan fingerprint density at radius 1 is 1.17 bits per heavy atom. The summed E-state index contributed by atoms with van der Waals surface area (Å²) < 4.78 is 30.9. The number of nitrogens with zero attached hydrogens (tertiary/aromatic N) is 3. The predicted molar refractivity (Wildman–Crippen MR) is 106 cm³/mol. The third kappa shape index (κ3) is 3.23. The van der Waals surface area contributed by atoms with Crippen molar-refractivity contribution in [1.29, 1.82) is 0 Å². The topological polar surface area (TPSA) is 53.3 Å². The largest absolute Gasteiger partial charge is 0.506 e. The van der Waals surface area contributed by atoms with Crippen LogP contribution in [0.5, 0.6) is 0 Å². The standard InChI is InChI=1S/C21H14F2N3O2S/c1-12-11-29-19-17(12)25(2)21(28)26(20(19)27)18-15(22)8-14(9-16(18)23)6-5-13-4-3-7-24-10-13/h3-4,7-11,19H,1-2H3/q+1. The maximum atomic E-state index is 14.8. The highest BCUT2D eigenvalue weighted by molar-refractivity contribution is 8.04. The number of allylic oxidation sites excluding steroid dienone is 1. The van der Waals surface area contributed by atoms with E-state index in [4.69, 9.17) is 0 Å². The van der Waals surface area contributed by atoms with Gasteiger partial charge in [-0.2, -0.15) is 9.37 Å². The van der Waals surface area contributed by atoms with Crippen LogP contribution in [0.3, 0.4) is 0 Å². The Morgan fingerprint density at radius 2 is 1.86 bits per heavy atom. The lowest BCUT2D eigenvalue weighted by atomic mass is 10.1. The van der Waals surface area contributed by atoms with E-state index in [1.807, 2.05) is 0 Å². The van der Waals surface area contributed by atoms with E-state index >= 15 is 0 Å². The van der Waals surface area contributed by atoms with Crippen LogP contribution in [0.25, 0.3) is 0 Å². The van der Waals surface area contributed by atoms with Crippen molar-refractivity contribution >= 4 is 35.1 Å². The van der Waals surface area contributed by atoms with Crippen molar-refractivity contribution in [3.63, 3.8) is 0 Å². The van der Waals surface area contributed by atoms with Gasteiger partial charge in [0.2, 0.25) is 5.69 Å². The Morgan fingerprint density at radius 3 is 2.52 bits per heavy atom. The van der Waals surface area contributed by atoms with Crippen LogP contribution >= 0.6 is 11.8 Å². The number of rotatable bonds is 1. The lowest BCUT2D eigenvalue weighted by Gasteiger charge is -2.23. The van der Waals surface area contributed by atoms with E-state index in [-0.39, 0.29) is 5.56 Å². The normalized spacial score (nSPS) is 18.4. The molecule has 0 spiro atoms. The first kappa shape index (κ1) is 19.0. The molecule has 0 saturated heterocycles. The number of benzene rings is 1. The smallest absolute Gasteiger partial charge is 0.263 e. The zero-order valence-corrected chi connectivity index (χ0v) is 16.3. The summed E-state index contributed by atoms with van der Waals surface area (Å²) in [6.45, 7) is 1.78. The molecule has 1 aromatic carbocycles. The fourth-order valence-corrected chi connectivity index (χ4v) is 4.38. The maximum Gasteiger partial charge on any atom is 0.506 e. The van der Waals surface area contributed by atoms with Gasteiger partial charge in [-0.3, -0.25) is 4.98 Å². The van der Waals surface area contributed by atoms with E-state index in [9.17, 15) is 18.4 Å². The number of thioether (sulfide) groups is 1. The van der Waals surface area contributed by atoms with Gasteiger partial charge in [-0.25, -0.2) is 13.6 Å². The molecule has 8 heteroatoms. The molecule has 0 fully saturated rings. The molecule has 0 N–H and O–H groups in total. The van der Waals surface area contributed by atoms with Crippen molar-refractivity contribution in [1.82, 2.24) is 4.98 Å². The molecule has 2 aromatic rings. The lowest BCUT2D eigenvalue weighted by Crippen LogP contribution is -2.55. The van der Waals surface area contributed by atoms with E-state index in [0.717, 1.165) is 17.7 Å². The Hall–Kier alpha value is -3.31. The average Bonchev–Trinajstić information content (AvgIpc) is 3.09. The molecule has 0 radical (unpaired) electrons. The number of fused-ring (bicyclic) bond motifs is 1. The fraction of sp³-hybridized carbons (Fsp3) is 0.143. The molecule has 0 bridgehead atoms. The molecule has 4 rings (SSSR count). The highest BCUT2D eigenvalue weighted by atomic mass is 32.2. The third-order valence-corrected chi connectivity index (χ3v) is 5.76. The molecule has 3 amide bonds. The van der Waals surface area contributed by atoms with Gasteiger partial charge >= 0.3 is 11.9 Å². The molecule has 0 saturated carbocycles. The molecular weight excluding hydrogens is 396 g/mol. The maximum absolute atomic E-state index is 14.8. The number of halogens is 2. The number of hydrogen-bond donors (Lipinski definition) is 0. The van der Waals surface area contributed by atoms with Crippen molar-refractivity contribution in [2.45, 2.75) is 12.2 Å². The Kier molecular flexibility index (Phi) is 4.76. The number of carbonyl (C=O) groups is 2. The van der Waals surface area contributed by atoms with Crippen LogP contribution in [0.15, 0.2) is 47.6 Å². The summed E-state index contributed by atoms with van der Waals surface area (Å²) in [6.07, 6.45) is 3.11. The number of aromatic nitrogens is 1. The number of carbonyl (C=O) groups excluding carboxylic acids is 2. The van der Waals surface area contributed by atoms with Gasteiger partial charge in [0.25, 0.3) is 0 Å². The van der Waals surface area contributed by atoms with Gasteiger partial charge in [0, 0.05) is 23.5 Å². The van der Waals surface area contributed by atoms with Crippen LogP contribution < -0.4 is 4.90 Å². The fourth-order valence-electron chi connectivity index (χ4n) is 3.22. The highest BCUT2D eigenvalue weighted by Crippen LogP contribution is 2.35. The van der Waals surface area contributed by atoms with Gasteiger partial charge in [0.15, 0.2) is 16.9 Å². The van der Waals surface area contributed by atoms with Crippen LogP contribution in [0.4, 0.5) is 19.3 Å². The van der Waals surface area contributed by atoms with Crippen LogP contribution in [0.1, 0.15) is 18.1 Å². The van der Waals surface area contributed by atoms with E-state index < -0.39 is 34.5 Å². The number of anilines is 1. The second-order valence-corrected chi connectivity index (χ2v) is 7.48. The van der Waals surface area contributed by atoms with Gasteiger partial charge < -0.3 is 0 Å². The zero-order valence-electron chi connectivity index (χ0n) is 15.4. The second kappa shape index (κ2) is 7.26. The van der Waals surface area contributed by atoms with Gasteiger partial charge in [-0.05, 0) is 42.2 Å². The first-order valence-corrected chi connectivity index (χ1v) is 9.55. The molecule has 3 heterocycles. The van der Waals surface area contributed by atoms with Crippen molar-refractivity contribution in [3.8, 4) is 11.8 Å². The summed E-state index contributed by atoms with van der Waals surface area (Å²) in [4.78, 5) is 30.1. The van der Waals surface area contributed by atoms with E-state index in [2.05, 4.69) is 16.8 Å². The number of hydrogen-bond acceptors (Lipinski definition) is 4. The molecule has 2 aliphatic heterocycles. The molecule has 1 unspecified atom stereocenters. The third-order valence-electron chi connectivity index (χ3n) is 4.57. The van der Waals surface area contributed by atoms with Crippen molar-refractivity contribution in [2.75, 3.05) is 11.9 Å². The van der Waals surface area contributed by atoms with Crippen molar-refractivity contribution < 1.29 is 22.9 Å². The summed E-state index contributed by atoms with van der Waals surface area (Å²) in [5, 5.41) is 1.05. The molecule has 29 heavy (non-hydrogen) atoms. The number of pyridine rings is 1. The molecule has 1 aromatic heterocycles. The first-order chi connectivity index (χ1) is 13.9. The Labute approximate surface area is 169 Å². The van der Waals surface area contributed by atoms with Crippen LogP contribution in [0.2, 0.25) is 0 Å². The zero-order chi connectivity index (χ0) is 20.7. The summed E-state index contributed by atoms with van der Waals surface area (Å²) in [7, 11) is 1.48. The highest BCUT2D eigenvalue weighted by Gasteiger charge is 2.52. The minimum absolute atomic E-state index is 0.0814. The number of imide groups is 1. The van der Waals surface area contributed by atoms with Gasteiger partial charge in [-0.1, -0.05) is 11.8 Å². The SMILES string of the molecule is CC1=CSC2C(=O)N(c3c(F)cc(C#Cc4cccnc4)cc3F)C(=O)[N+](C)=C12. The summed E-state index contributed by atoms with van der Waals surface area (Å²) >= 11 is 1.21. The van der Waals surface area contributed by atoms with Crippen molar-refractivity contribution in [2.24, 2.45) is 0 Å². The second-order valence-electron chi connectivity index (χ2n) is 6.50. The first-order valence-electron chi connectivity index (χ1n) is 8.60. The number of amides is 3. The molecule has 1 atom stereocenters. The average molecular weight is 410 g/mol. The molecule has 2 aliphatic rings. The summed E-state index contributed by atoms with van der Waals surface area (Å²) in [5.41, 5.74) is 1.30. The van der Waals surface area contributed by atoms with Gasteiger partial charge in [0.1, 0.15) is 5.71 Å². The summed E-state index contributed by atoms with van der Waals surface area (Å²) in [5.74, 6) is 2.68. The Bertz CT molecular complexity index is 1160. The monoisotopic (exact) mass is 410 g/mol. The predicted octanol–water partition coefficient (Wildman–Crippen LogP) is 3.33. The van der Waals surface area contributed by atoms with Crippen LogP contribution in [-0.2, 0) is 4.79 Å². The molecule has 144 valence electrons. The number of urea groups is 1. The summed E-state index contributed by atoms with van der Waals surface area (Å²) in [6, 6.07) is 4.62. The molecule has 0 aliphatic carbocycles. The van der Waals surface area contributed by atoms with Crippen LogP contribution in [-0.4, -0.2) is 39.5 Å². The van der Waals surface area contributed by atoms with E-state index in [1.165, 1.54) is 29.6 Å².